The monoisotopic (exact) mass is 482 g/mol. The average molecular weight is 483 g/mol. The summed E-state index contributed by atoms with van der Waals surface area (Å²) in [5, 5.41) is 1.88. The molecule has 0 saturated carbocycles. The van der Waals surface area contributed by atoms with Crippen molar-refractivity contribution in [2.24, 2.45) is 0 Å². The number of ether oxygens (including phenoxy) is 1. The fourth-order valence-electron chi connectivity index (χ4n) is 2.64. The van der Waals surface area contributed by atoms with Crippen LogP contribution in [0.4, 0.5) is 23.2 Å². The maximum atomic E-state index is 14.5. The molecule has 0 aliphatic heterocycles. The molecule has 7 nitrogen and oxygen atoms in total. The summed E-state index contributed by atoms with van der Waals surface area (Å²) < 4.78 is 58.9. The number of benzene rings is 2. The molecule has 0 atom stereocenters. The number of halogens is 5. The highest BCUT2D eigenvalue weighted by atomic mass is 35.5. The molecular weight excluding hydrogens is 468 g/mol. The van der Waals surface area contributed by atoms with Crippen molar-refractivity contribution in [2.45, 2.75) is 6.18 Å². The Morgan fingerprint density at radius 1 is 1.06 bits per heavy atom. The van der Waals surface area contributed by atoms with Crippen LogP contribution in [0.15, 0.2) is 54.9 Å². The molecule has 3 aromatic rings. The number of anilines is 1. The van der Waals surface area contributed by atoms with E-state index in [1.54, 1.807) is 0 Å². The molecule has 0 aliphatic carbocycles. The Balaban J connectivity index is 1.71. The van der Waals surface area contributed by atoms with E-state index in [4.69, 9.17) is 16.3 Å². The molecule has 0 saturated heterocycles. The first-order valence-electron chi connectivity index (χ1n) is 9.16. The van der Waals surface area contributed by atoms with Crippen molar-refractivity contribution in [3.63, 3.8) is 0 Å². The third kappa shape index (κ3) is 5.69. The lowest BCUT2D eigenvalue weighted by Gasteiger charge is -2.13. The fourth-order valence-corrected chi connectivity index (χ4v) is 2.87. The topological polar surface area (TPSA) is 92.3 Å². The fraction of sp³-hybridized carbons (Fsp3) is 0.0952. The number of carbonyl (C=O) groups excluding carboxylic acids is 2. The van der Waals surface area contributed by atoms with Gasteiger partial charge in [0.05, 0.1) is 16.3 Å². The van der Waals surface area contributed by atoms with Crippen LogP contribution in [-0.4, -0.2) is 23.8 Å². The van der Waals surface area contributed by atoms with Gasteiger partial charge in [-0.25, -0.2) is 4.39 Å². The normalized spacial score (nSPS) is 11.0. The first-order valence-corrected chi connectivity index (χ1v) is 9.54. The zero-order valence-electron chi connectivity index (χ0n) is 16.8. The van der Waals surface area contributed by atoms with Crippen molar-refractivity contribution in [3.05, 3.63) is 82.4 Å². The van der Waals surface area contributed by atoms with E-state index in [2.05, 4.69) is 21.2 Å². The van der Waals surface area contributed by atoms with E-state index in [0.29, 0.717) is 6.07 Å². The number of pyridine rings is 1. The molecule has 0 unspecified atom stereocenters. The van der Waals surface area contributed by atoms with Crippen LogP contribution in [0.1, 0.15) is 26.3 Å². The highest BCUT2D eigenvalue weighted by molar-refractivity contribution is 6.31. The number of amides is 2. The maximum absolute atomic E-state index is 14.5. The van der Waals surface area contributed by atoms with Crippen LogP contribution in [0.3, 0.4) is 0 Å². The molecule has 12 heteroatoms. The Bertz CT molecular complexity index is 1200. The highest BCUT2D eigenvalue weighted by Crippen LogP contribution is 2.35. The summed E-state index contributed by atoms with van der Waals surface area (Å²) in [6.07, 6.45) is -2.06. The number of hydrogen-bond acceptors (Lipinski definition) is 5. The average Bonchev–Trinajstić information content (AvgIpc) is 2.77. The highest BCUT2D eigenvalue weighted by Gasteiger charge is 2.33. The third-order valence-corrected chi connectivity index (χ3v) is 4.60. The van der Waals surface area contributed by atoms with Gasteiger partial charge in [0.1, 0.15) is 17.1 Å². The van der Waals surface area contributed by atoms with Gasteiger partial charge < -0.3 is 10.1 Å². The first-order chi connectivity index (χ1) is 15.6. The largest absolute Gasteiger partial charge is 0.456 e. The lowest BCUT2D eigenvalue weighted by atomic mass is 10.1. The lowest BCUT2D eigenvalue weighted by molar-refractivity contribution is -0.137. The molecule has 0 radical (unpaired) electrons. The number of carbonyl (C=O) groups is 2. The summed E-state index contributed by atoms with van der Waals surface area (Å²) in [6.45, 7) is 0. The summed E-state index contributed by atoms with van der Waals surface area (Å²) in [5.74, 6) is -2.04. The Morgan fingerprint density at radius 3 is 2.48 bits per heavy atom. The quantitative estimate of drug-likeness (QED) is 0.347. The SMILES string of the molecule is CNC(=O)c1cnccc1Oc1ccc(NNC(=O)c2ccc(Cl)c(C(F)(F)F)c2)c(F)c1. The van der Waals surface area contributed by atoms with E-state index in [1.165, 1.54) is 37.6 Å². The Labute approximate surface area is 189 Å². The van der Waals surface area contributed by atoms with Gasteiger partial charge in [0, 0.05) is 31.1 Å². The first kappa shape index (κ1) is 23.8. The van der Waals surface area contributed by atoms with E-state index >= 15 is 0 Å². The Hall–Kier alpha value is -3.86. The van der Waals surface area contributed by atoms with Crippen molar-refractivity contribution in [1.29, 1.82) is 0 Å². The molecule has 0 fully saturated rings. The van der Waals surface area contributed by atoms with Crippen LogP contribution in [-0.2, 0) is 6.18 Å². The van der Waals surface area contributed by atoms with Gasteiger partial charge in [-0.2, -0.15) is 13.2 Å². The van der Waals surface area contributed by atoms with Crippen LogP contribution in [0.25, 0.3) is 0 Å². The molecule has 1 aromatic heterocycles. The van der Waals surface area contributed by atoms with E-state index in [9.17, 15) is 27.2 Å². The predicted octanol–water partition coefficient (Wildman–Crippen LogP) is 4.80. The van der Waals surface area contributed by atoms with Gasteiger partial charge in [0.25, 0.3) is 11.8 Å². The smallest absolute Gasteiger partial charge is 0.417 e. The summed E-state index contributed by atoms with van der Waals surface area (Å²) in [7, 11) is 1.43. The number of nitrogens with one attached hydrogen (secondary N) is 3. The Morgan fingerprint density at radius 2 is 1.82 bits per heavy atom. The minimum absolute atomic E-state index is 0.0493. The maximum Gasteiger partial charge on any atom is 0.417 e. The van der Waals surface area contributed by atoms with Crippen molar-refractivity contribution < 1.29 is 31.9 Å². The molecule has 0 spiro atoms. The lowest BCUT2D eigenvalue weighted by Crippen LogP contribution is -2.30. The summed E-state index contributed by atoms with van der Waals surface area (Å²) in [5.41, 5.74) is 2.86. The van der Waals surface area contributed by atoms with Gasteiger partial charge in [-0.1, -0.05) is 11.6 Å². The number of nitrogens with zero attached hydrogens (tertiary/aromatic N) is 1. The molecule has 172 valence electrons. The van der Waals surface area contributed by atoms with Crippen molar-refractivity contribution in [1.82, 2.24) is 15.7 Å². The van der Waals surface area contributed by atoms with E-state index in [0.717, 1.165) is 18.2 Å². The van der Waals surface area contributed by atoms with Gasteiger partial charge >= 0.3 is 6.18 Å². The number of rotatable bonds is 6. The Kier molecular flexibility index (Phi) is 7.02. The second-order valence-electron chi connectivity index (χ2n) is 6.47. The van der Waals surface area contributed by atoms with Crippen LogP contribution < -0.4 is 20.9 Å². The van der Waals surface area contributed by atoms with E-state index in [1.807, 2.05) is 0 Å². The van der Waals surface area contributed by atoms with E-state index in [-0.39, 0.29) is 28.3 Å². The molecule has 1 heterocycles. The van der Waals surface area contributed by atoms with Gasteiger partial charge in [0.2, 0.25) is 0 Å². The molecule has 0 bridgehead atoms. The van der Waals surface area contributed by atoms with Crippen LogP contribution in [0.5, 0.6) is 11.5 Å². The third-order valence-electron chi connectivity index (χ3n) is 4.27. The van der Waals surface area contributed by atoms with Crippen LogP contribution >= 0.6 is 11.6 Å². The number of hydrogen-bond donors (Lipinski definition) is 3. The summed E-state index contributed by atoms with van der Waals surface area (Å²) in [6, 6.07) is 7.64. The minimum Gasteiger partial charge on any atom is -0.456 e. The zero-order chi connectivity index (χ0) is 24.2. The molecule has 3 N–H and O–H groups in total. The van der Waals surface area contributed by atoms with Crippen molar-refractivity contribution >= 4 is 29.1 Å². The summed E-state index contributed by atoms with van der Waals surface area (Å²) in [4.78, 5) is 27.9. The van der Waals surface area contributed by atoms with E-state index < -0.39 is 34.4 Å². The number of hydrazine groups is 1. The second-order valence-corrected chi connectivity index (χ2v) is 6.87. The molecule has 33 heavy (non-hydrogen) atoms. The van der Waals surface area contributed by atoms with Gasteiger partial charge in [-0.15, -0.1) is 0 Å². The molecular formula is C21H15ClF4N4O3. The number of aromatic nitrogens is 1. The summed E-state index contributed by atoms with van der Waals surface area (Å²) >= 11 is 5.53. The molecule has 2 aromatic carbocycles. The molecule has 0 aliphatic rings. The van der Waals surface area contributed by atoms with Crippen LogP contribution in [0, 0.1) is 5.82 Å². The van der Waals surface area contributed by atoms with Gasteiger partial charge in [-0.05, 0) is 36.4 Å². The van der Waals surface area contributed by atoms with Crippen molar-refractivity contribution in [3.8, 4) is 11.5 Å². The van der Waals surface area contributed by atoms with Crippen LogP contribution in [0.2, 0.25) is 5.02 Å². The second kappa shape index (κ2) is 9.74. The number of alkyl halides is 3. The standard InChI is InChI=1S/C21H15ClF4N4O3/c1-27-20(32)13-10-28-7-6-18(13)33-12-3-5-17(16(23)9-12)29-30-19(31)11-2-4-15(22)14(8-11)21(24,25)26/h2-10,29H,1H3,(H,27,32)(H,30,31). The van der Waals surface area contributed by atoms with Gasteiger partial charge in [0.15, 0.2) is 5.82 Å². The predicted molar refractivity (Wildman–Crippen MR) is 112 cm³/mol. The zero-order valence-corrected chi connectivity index (χ0v) is 17.5. The molecule has 3 rings (SSSR count). The van der Waals surface area contributed by atoms with Crippen molar-refractivity contribution in [2.75, 3.05) is 12.5 Å². The minimum atomic E-state index is -4.74. The molecule has 2 amide bonds. The van der Waals surface area contributed by atoms with Gasteiger partial charge in [-0.3, -0.25) is 25.4 Å².